The van der Waals surface area contributed by atoms with E-state index in [9.17, 15) is 31.2 Å². The van der Waals surface area contributed by atoms with Gasteiger partial charge in [0.2, 0.25) is 0 Å². The highest BCUT2D eigenvalue weighted by molar-refractivity contribution is 7.92. The Labute approximate surface area is 217 Å². The lowest BCUT2D eigenvalue weighted by molar-refractivity contribution is -0.0436. The fourth-order valence-corrected chi connectivity index (χ4v) is 4.69. The molecule has 0 saturated heterocycles. The van der Waals surface area contributed by atoms with E-state index in [4.69, 9.17) is 0 Å². The molecular formula is C22H16F3N7O4S2. The molecule has 0 aliphatic heterocycles. The zero-order valence-electron chi connectivity index (χ0n) is 19.2. The van der Waals surface area contributed by atoms with Gasteiger partial charge in [0, 0.05) is 23.6 Å². The first-order valence-electron chi connectivity index (χ1n) is 10.5. The Kier molecular flexibility index (Phi) is 7.45. The van der Waals surface area contributed by atoms with Crippen LogP contribution in [0.3, 0.4) is 0 Å². The minimum absolute atomic E-state index is 0.0777. The predicted molar refractivity (Wildman–Crippen MR) is 129 cm³/mol. The van der Waals surface area contributed by atoms with E-state index in [0.717, 1.165) is 23.5 Å². The Balaban J connectivity index is 1.43. The van der Waals surface area contributed by atoms with Crippen molar-refractivity contribution in [1.29, 1.82) is 0 Å². The molecule has 0 aliphatic rings. The number of anilines is 1. The third kappa shape index (κ3) is 5.81. The summed E-state index contributed by atoms with van der Waals surface area (Å²) in [6, 6.07) is 4.65. The summed E-state index contributed by atoms with van der Waals surface area (Å²) in [5.41, 5.74) is -4.52. The molecule has 4 aromatic rings. The normalized spacial score (nSPS) is 12.5. The average molecular weight is 564 g/mol. The summed E-state index contributed by atoms with van der Waals surface area (Å²) in [5, 5.41) is 5.43. The second kappa shape index (κ2) is 10.6. The minimum atomic E-state index is -5.58. The van der Waals surface area contributed by atoms with E-state index in [1.807, 2.05) is 0 Å². The van der Waals surface area contributed by atoms with Crippen LogP contribution in [0.1, 0.15) is 38.1 Å². The van der Waals surface area contributed by atoms with E-state index in [1.165, 1.54) is 43.4 Å². The molecule has 2 amide bonds. The van der Waals surface area contributed by atoms with Crippen LogP contribution in [0.15, 0.2) is 66.5 Å². The van der Waals surface area contributed by atoms with Gasteiger partial charge in [-0.25, -0.2) is 33.3 Å². The quantitative estimate of drug-likeness (QED) is 0.344. The molecule has 3 heterocycles. The van der Waals surface area contributed by atoms with Gasteiger partial charge in [0.25, 0.3) is 21.7 Å². The molecule has 0 spiro atoms. The van der Waals surface area contributed by atoms with Gasteiger partial charge in [-0.15, -0.1) is 11.3 Å². The summed E-state index contributed by atoms with van der Waals surface area (Å²) in [7, 11) is -5.58. The molecule has 1 atom stereocenters. The first-order valence-corrected chi connectivity index (χ1v) is 12.8. The Bertz CT molecular complexity index is 1600. The monoisotopic (exact) mass is 563 g/mol. The van der Waals surface area contributed by atoms with E-state index in [-0.39, 0.29) is 16.3 Å². The lowest BCUT2D eigenvalue weighted by Gasteiger charge is -2.11. The van der Waals surface area contributed by atoms with Gasteiger partial charge in [-0.1, -0.05) is 6.07 Å². The summed E-state index contributed by atoms with van der Waals surface area (Å²) in [6.07, 6.45) is 6.88. The summed E-state index contributed by atoms with van der Waals surface area (Å²) in [6.45, 7) is 1.64. The van der Waals surface area contributed by atoms with Gasteiger partial charge >= 0.3 is 5.51 Å². The Morgan fingerprint density at radius 2 is 1.71 bits per heavy atom. The minimum Gasteiger partial charge on any atom is -0.342 e. The lowest BCUT2D eigenvalue weighted by Crippen LogP contribution is -2.27. The Hall–Kier alpha value is -4.31. The van der Waals surface area contributed by atoms with Gasteiger partial charge in [0.15, 0.2) is 0 Å². The lowest BCUT2D eigenvalue weighted by atomic mass is 10.2. The molecule has 0 radical (unpaired) electrons. The fraction of sp³-hybridized carbons (Fsp3) is 0.136. The van der Waals surface area contributed by atoms with Gasteiger partial charge in [-0.05, 0) is 31.2 Å². The zero-order chi connectivity index (χ0) is 27.5. The number of carbonyl (C=O) groups is 2. The maximum atomic E-state index is 12.8. The van der Waals surface area contributed by atoms with Crippen molar-refractivity contribution in [3.05, 3.63) is 77.2 Å². The number of hydrogen-bond donors (Lipinski definition) is 2. The van der Waals surface area contributed by atoms with Crippen LogP contribution in [-0.2, 0) is 9.84 Å². The molecule has 0 fully saturated rings. The van der Waals surface area contributed by atoms with Gasteiger partial charge in [-0.3, -0.25) is 9.59 Å². The van der Waals surface area contributed by atoms with Crippen molar-refractivity contribution in [1.82, 2.24) is 30.2 Å². The molecule has 16 heteroatoms. The number of hydrogen-bond acceptors (Lipinski definition) is 10. The van der Waals surface area contributed by atoms with E-state index >= 15 is 0 Å². The number of sulfone groups is 1. The molecule has 196 valence electrons. The van der Waals surface area contributed by atoms with Crippen LogP contribution in [-0.4, -0.2) is 50.7 Å². The van der Waals surface area contributed by atoms with Crippen LogP contribution in [0.5, 0.6) is 0 Å². The maximum Gasteiger partial charge on any atom is 0.501 e. The summed E-state index contributed by atoms with van der Waals surface area (Å²) in [4.78, 5) is 44.4. The van der Waals surface area contributed by atoms with Crippen LogP contribution in [0, 0.1) is 0 Å². The predicted octanol–water partition coefficient (Wildman–Crippen LogP) is 3.43. The van der Waals surface area contributed by atoms with Crippen LogP contribution in [0.4, 0.5) is 18.9 Å². The first-order chi connectivity index (χ1) is 18.0. The van der Waals surface area contributed by atoms with Crippen LogP contribution >= 0.6 is 11.3 Å². The van der Waals surface area contributed by atoms with E-state index in [2.05, 4.69) is 35.6 Å². The van der Waals surface area contributed by atoms with E-state index < -0.39 is 38.1 Å². The number of nitrogens with zero attached hydrogens (tertiary/aromatic N) is 5. The highest BCUT2D eigenvalue weighted by Gasteiger charge is 2.46. The Morgan fingerprint density at radius 1 is 0.974 bits per heavy atom. The standard InChI is InChI=1S/C22H16F3N7O4S2/c1-12(31-19(33)17-6-16(29-11-30-17)13-7-26-10-27-8-13)21-28-9-18(37-21)20(34)32-14-3-2-4-15(5-14)38(35,36)22(23,24)25/h2-12H,1H3,(H,31,33)(H,32,34). The van der Waals surface area contributed by atoms with Crippen molar-refractivity contribution in [2.75, 3.05) is 5.32 Å². The topological polar surface area (TPSA) is 157 Å². The van der Waals surface area contributed by atoms with Gasteiger partial charge in [0.05, 0.1) is 22.8 Å². The molecule has 1 aromatic carbocycles. The molecule has 4 rings (SSSR count). The van der Waals surface area contributed by atoms with Crippen LogP contribution in [0.25, 0.3) is 11.3 Å². The van der Waals surface area contributed by atoms with E-state index in [0.29, 0.717) is 22.3 Å². The van der Waals surface area contributed by atoms with Crippen molar-refractivity contribution in [2.24, 2.45) is 0 Å². The van der Waals surface area contributed by atoms with Gasteiger partial charge < -0.3 is 10.6 Å². The first kappa shape index (κ1) is 26.7. The van der Waals surface area contributed by atoms with Crippen molar-refractivity contribution < 1.29 is 31.2 Å². The number of alkyl halides is 3. The second-order valence-corrected chi connectivity index (χ2v) is 10.6. The average Bonchev–Trinajstić information content (AvgIpc) is 3.40. The molecule has 1 unspecified atom stereocenters. The maximum absolute atomic E-state index is 12.8. The van der Waals surface area contributed by atoms with Crippen molar-refractivity contribution in [3.8, 4) is 11.3 Å². The number of carbonyl (C=O) groups excluding carboxylic acids is 2. The summed E-state index contributed by atoms with van der Waals surface area (Å²) < 4.78 is 61.7. The molecule has 0 aliphatic carbocycles. The third-order valence-corrected chi connectivity index (χ3v) is 7.59. The van der Waals surface area contributed by atoms with E-state index in [1.54, 1.807) is 6.92 Å². The fourth-order valence-electron chi connectivity index (χ4n) is 3.06. The Morgan fingerprint density at radius 3 is 2.42 bits per heavy atom. The highest BCUT2D eigenvalue weighted by Crippen LogP contribution is 2.31. The number of halogens is 3. The molecular weight excluding hydrogens is 547 g/mol. The molecule has 11 nitrogen and oxygen atoms in total. The SMILES string of the molecule is CC(NC(=O)c1cc(-c2cncnc2)ncn1)c1ncc(C(=O)Nc2cccc(S(=O)(=O)C(F)(F)F)c2)s1. The van der Waals surface area contributed by atoms with Crippen LogP contribution < -0.4 is 10.6 Å². The zero-order valence-corrected chi connectivity index (χ0v) is 20.8. The molecule has 3 aromatic heterocycles. The summed E-state index contributed by atoms with van der Waals surface area (Å²) >= 11 is 0.934. The molecule has 0 bridgehead atoms. The molecule has 2 N–H and O–H groups in total. The number of aromatic nitrogens is 5. The molecule has 0 saturated carbocycles. The highest BCUT2D eigenvalue weighted by atomic mass is 32.2. The summed E-state index contributed by atoms with van der Waals surface area (Å²) in [5.74, 6) is -1.25. The van der Waals surface area contributed by atoms with Gasteiger partial charge in [0.1, 0.15) is 28.2 Å². The van der Waals surface area contributed by atoms with Crippen LogP contribution in [0.2, 0.25) is 0 Å². The largest absolute Gasteiger partial charge is 0.501 e. The number of nitrogens with one attached hydrogen (secondary N) is 2. The number of thiazole rings is 1. The smallest absolute Gasteiger partial charge is 0.342 e. The number of benzene rings is 1. The van der Waals surface area contributed by atoms with Gasteiger partial charge in [-0.2, -0.15) is 13.2 Å². The number of amides is 2. The van der Waals surface area contributed by atoms with Crippen molar-refractivity contribution in [2.45, 2.75) is 23.4 Å². The molecule has 38 heavy (non-hydrogen) atoms. The van der Waals surface area contributed by atoms with Crippen molar-refractivity contribution in [3.63, 3.8) is 0 Å². The van der Waals surface area contributed by atoms with Crippen molar-refractivity contribution >= 4 is 38.7 Å². The third-order valence-electron chi connectivity index (χ3n) is 4.93. The second-order valence-electron chi connectivity index (χ2n) is 7.60. The number of rotatable bonds is 7.